The quantitative estimate of drug-likeness (QED) is 0.560. The number of aromatic amines is 1. The fraction of sp³-hybridized carbons (Fsp3) is 0.464. The largest absolute Gasteiger partial charge is 0.370 e. The number of carbonyl (C=O) groups is 2. The SMILES string of the molecule is O=C(CCc1c[nH]c2ccccc12)N1CC(=O)N(C2CCCCC2)CC(OCc2ccncc2)C1. The number of fused-ring (bicyclic) bond motifs is 1. The molecule has 184 valence electrons. The van der Waals surface area contributed by atoms with Crippen molar-refractivity contribution < 1.29 is 14.3 Å². The molecule has 1 saturated carbocycles. The van der Waals surface area contributed by atoms with Crippen LogP contribution in [0.15, 0.2) is 55.0 Å². The van der Waals surface area contributed by atoms with Gasteiger partial charge >= 0.3 is 0 Å². The van der Waals surface area contributed by atoms with Gasteiger partial charge in [-0.2, -0.15) is 0 Å². The number of aromatic nitrogens is 2. The van der Waals surface area contributed by atoms with Crippen molar-refractivity contribution in [3.05, 3.63) is 66.1 Å². The molecule has 1 aliphatic heterocycles. The maximum Gasteiger partial charge on any atom is 0.242 e. The summed E-state index contributed by atoms with van der Waals surface area (Å²) in [5.41, 5.74) is 3.24. The van der Waals surface area contributed by atoms with Gasteiger partial charge < -0.3 is 19.5 Å². The number of carbonyl (C=O) groups excluding carboxylic acids is 2. The monoisotopic (exact) mass is 474 g/mol. The van der Waals surface area contributed by atoms with Crippen LogP contribution < -0.4 is 0 Å². The molecule has 0 spiro atoms. The predicted molar refractivity (Wildman–Crippen MR) is 135 cm³/mol. The lowest BCUT2D eigenvalue weighted by Gasteiger charge is -2.34. The van der Waals surface area contributed by atoms with Gasteiger partial charge in [-0.25, -0.2) is 0 Å². The lowest BCUT2D eigenvalue weighted by molar-refractivity contribution is -0.140. The third-order valence-electron chi connectivity index (χ3n) is 7.36. The predicted octanol–water partition coefficient (Wildman–Crippen LogP) is 4.08. The number of aryl methyl sites for hydroxylation is 1. The van der Waals surface area contributed by atoms with Crippen LogP contribution in [0.1, 0.15) is 49.7 Å². The third kappa shape index (κ3) is 5.73. The van der Waals surface area contributed by atoms with Gasteiger partial charge in [-0.05, 0) is 48.6 Å². The molecule has 7 nitrogen and oxygen atoms in total. The second kappa shape index (κ2) is 11.0. The van der Waals surface area contributed by atoms with Crippen LogP contribution in [0.25, 0.3) is 10.9 Å². The Kier molecular flexibility index (Phi) is 7.42. The van der Waals surface area contributed by atoms with Crippen molar-refractivity contribution >= 4 is 22.7 Å². The van der Waals surface area contributed by atoms with Gasteiger partial charge in [0.2, 0.25) is 11.8 Å². The van der Waals surface area contributed by atoms with E-state index in [9.17, 15) is 9.59 Å². The van der Waals surface area contributed by atoms with Gasteiger partial charge in [-0.15, -0.1) is 0 Å². The number of benzene rings is 1. The molecule has 1 aromatic carbocycles. The van der Waals surface area contributed by atoms with Crippen molar-refractivity contribution in [1.29, 1.82) is 0 Å². The fourth-order valence-corrected chi connectivity index (χ4v) is 5.42. The number of nitrogens with one attached hydrogen (secondary N) is 1. The zero-order chi connectivity index (χ0) is 24.0. The smallest absolute Gasteiger partial charge is 0.242 e. The Morgan fingerprint density at radius 1 is 1.06 bits per heavy atom. The second-order valence-corrected chi connectivity index (χ2v) is 9.76. The fourth-order valence-electron chi connectivity index (χ4n) is 5.42. The van der Waals surface area contributed by atoms with E-state index in [2.05, 4.69) is 16.0 Å². The second-order valence-electron chi connectivity index (χ2n) is 9.76. The number of rotatable bonds is 7. The first kappa shape index (κ1) is 23.5. The minimum atomic E-state index is -0.214. The van der Waals surface area contributed by atoms with E-state index < -0.39 is 0 Å². The highest BCUT2D eigenvalue weighted by molar-refractivity contribution is 5.87. The number of ether oxygens (including phenoxy) is 1. The molecule has 2 fully saturated rings. The normalized spacial score (nSPS) is 19.8. The molecule has 2 aromatic heterocycles. The van der Waals surface area contributed by atoms with Crippen molar-refractivity contribution in [1.82, 2.24) is 19.8 Å². The van der Waals surface area contributed by atoms with E-state index in [-0.39, 0.29) is 30.5 Å². The molecule has 1 saturated heterocycles. The first-order valence-corrected chi connectivity index (χ1v) is 12.8. The maximum absolute atomic E-state index is 13.3. The summed E-state index contributed by atoms with van der Waals surface area (Å²) in [6.45, 7) is 1.56. The molecule has 5 rings (SSSR count). The molecule has 1 aliphatic carbocycles. The van der Waals surface area contributed by atoms with Gasteiger partial charge in [0.05, 0.1) is 19.3 Å². The number of H-pyrrole nitrogens is 1. The molecular weight excluding hydrogens is 440 g/mol. The number of amides is 2. The van der Waals surface area contributed by atoms with Crippen molar-refractivity contribution in [2.24, 2.45) is 0 Å². The first-order chi connectivity index (χ1) is 17.2. The molecule has 1 N–H and O–H groups in total. The summed E-state index contributed by atoms with van der Waals surface area (Å²) in [6, 6.07) is 12.3. The summed E-state index contributed by atoms with van der Waals surface area (Å²) in [4.78, 5) is 37.7. The van der Waals surface area contributed by atoms with E-state index in [4.69, 9.17) is 4.74 Å². The Hall–Kier alpha value is -3.19. The van der Waals surface area contributed by atoms with Gasteiger partial charge in [0, 0.05) is 55.0 Å². The van der Waals surface area contributed by atoms with Crippen LogP contribution in [0.4, 0.5) is 0 Å². The standard InChI is InChI=1S/C28H34N4O3/c33-27(11-10-22-16-30-26-9-5-4-8-25(22)26)31-17-24(35-20-21-12-14-29-15-13-21)18-32(28(34)19-31)23-6-2-1-3-7-23/h4-5,8-9,12-16,23-24,30H,1-3,6-7,10-11,17-20H2. The Bertz CT molecular complexity index is 1140. The lowest BCUT2D eigenvalue weighted by atomic mass is 9.94. The summed E-state index contributed by atoms with van der Waals surface area (Å²) in [5, 5.41) is 1.15. The van der Waals surface area contributed by atoms with Gasteiger partial charge in [-0.3, -0.25) is 14.6 Å². The Labute approximate surface area is 206 Å². The summed E-state index contributed by atoms with van der Waals surface area (Å²) in [7, 11) is 0. The van der Waals surface area contributed by atoms with Crippen molar-refractivity contribution in [3.63, 3.8) is 0 Å². The molecule has 3 aromatic rings. The summed E-state index contributed by atoms with van der Waals surface area (Å²) < 4.78 is 6.29. The lowest BCUT2D eigenvalue weighted by Crippen LogP contribution is -2.46. The summed E-state index contributed by atoms with van der Waals surface area (Å²) in [6.07, 6.45) is 11.9. The number of hydrogen-bond acceptors (Lipinski definition) is 4. The number of nitrogens with zero attached hydrogens (tertiary/aromatic N) is 3. The zero-order valence-electron chi connectivity index (χ0n) is 20.2. The van der Waals surface area contributed by atoms with E-state index in [0.717, 1.165) is 47.7 Å². The van der Waals surface area contributed by atoms with Crippen LogP contribution in [0.3, 0.4) is 0 Å². The maximum atomic E-state index is 13.3. The van der Waals surface area contributed by atoms with Crippen molar-refractivity contribution in [2.75, 3.05) is 19.6 Å². The van der Waals surface area contributed by atoms with Crippen LogP contribution in [-0.2, 0) is 27.4 Å². The molecule has 0 radical (unpaired) electrons. The van der Waals surface area contributed by atoms with Crippen LogP contribution in [0, 0.1) is 0 Å². The highest BCUT2D eigenvalue weighted by Crippen LogP contribution is 2.25. The number of para-hydroxylation sites is 1. The number of hydrogen-bond donors (Lipinski definition) is 1. The molecule has 2 aliphatic rings. The highest BCUT2D eigenvalue weighted by atomic mass is 16.5. The van der Waals surface area contributed by atoms with E-state index in [1.165, 1.54) is 6.42 Å². The Morgan fingerprint density at radius 3 is 2.69 bits per heavy atom. The van der Waals surface area contributed by atoms with E-state index in [0.29, 0.717) is 32.5 Å². The van der Waals surface area contributed by atoms with Crippen LogP contribution >= 0.6 is 0 Å². The van der Waals surface area contributed by atoms with Crippen molar-refractivity contribution in [3.8, 4) is 0 Å². The van der Waals surface area contributed by atoms with Gasteiger partial charge in [0.15, 0.2) is 0 Å². The molecule has 7 heteroatoms. The molecule has 3 heterocycles. The first-order valence-electron chi connectivity index (χ1n) is 12.8. The molecule has 0 bridgehead atoms. The zero-order valence-corrected chi connectivity index (χ0v) is 20.2. The molecule has 1 unspecified atom stereocenters. The topological polar surface area (TPSA) is 78.5 Å². The van der Waals surface area contributed by atoms with Gasteiger partial charge in [-0.1, -0.05) is 37.5 Å². The summed E-state index contributed by atoms with van der Waals surface area (Å²) >= 11 is 0. The molecule has 2 amide bonds. The number of pyridine rings is 1. The van der Waals surface area contributed by atoms with E-state index >= 15 is 0 Å². The van der Waals surface area contributed by atoms with E-state index in [1.807, 2.05) is 41.4 Å². The van der Waals surface area contributed by atoms with Gasteiger partial charge in [0.1, 0.15) is 0 Å². The highest BCUT2D eigenvalue weighted by Gasteiger charge is 2.34. The minimum absolute atomic E-state index is 0.00614. The average Bonchev–Trinajstić information content (AvgIpc) is 3.24. The van der Waals surface area contributed by atoms with Crippen molar-refractivity contribution in [2.45, 2.75) is 63.7 Å². The Morgan fingerprint density at radius 2 is 1.86 bits per heavy atom. The minimum Gasteiger partial charge on any atom is -0.370 e. The summed E-state index contributed by atoms with van der Waals surface area (Å²) in [5.74, 6) is 0.0546. The van der Waals surface area contributed by atoms with Crippen LogP contribution in [0.2, 0.25) is 0 Å². The van der Waals surface area contributed by atoms with Gasteiger partial charge in [0.25, 0.3) is 0 Å². The van der Waals surface area contributed by atoms with Crippen LogP contribution in [0.5, 0.6) is 0 Å². The molecule has 1 atom stereocenters. The Balaban J connectivity index is 1.28. The van der Waals surface area contributed by atoms with E-state index in [1.54, 1.807) is 17.3 Å². The molecule has 35 heavy (non-hydrogen) atoms. The average molecular weight is 475 g/mol. The van der Waals surface area contributed by atoms with Crippen LogP contribution in [-0.4, -0.2) is 63.4 Å². The third-order valence-corrected chi connectivity index (χ3v) is 7.36. The molecular formula is C28H34N4O3.